The van der Waals surface area contributed by atoms with Gasteiger partial charge >= 0.3 is 5.97 Å². The van der Waals surface area contributed by atoms with Crippen LogP contribution >= 0.6 is 0 Å². The van der Waals surface area contributed by atoms with Crippen molar-refractivity contribution < 1.29 is 14.6 Å². The summed E-state index contributed by atoms with van der Waals surface area (Å²) in [5.74, 6) is -0.0102. The van der Waals surface area contributed by atoms with Crippen molar-refractivity contribution >= 4 is 5.97 Å². The third-order valence-electron chi connectivity index (χ3n) is 4.57. The Kier molecular flexibility index (Phi) is 5.41. The molecule has 0 aromatic carbocycles. The molecule has 0 radical (unpaired) electrons. The zero-order chi connectivity index (χ0) is 14.7. The molecule has 0 aliphatic carbocycles. The highest BCUT2D eigenvalue weighted by Crippen LogP contribution is 2.22. The quantitative estimate of drug-likeness (QED) is 0.843. The Morgan fingerprint density at radius 1 is 1.25 bits per heavy atom. The Bertz CT molecular complexity index is 319. The lowest BCUT2D eigenvalue weighted by Crippen LogP contribution is -2.49. The van der Waals surface area contributed by atoms with Gasteiger partial charge in [-0.3, -0.25) is 14.6 Å². The molecule has 0 spiro atoms. The van der Waals surface area contributed by atoms with Crippen molar-refractivity contribution in [2.75, 3.05) is 32.7 Å². The first-order valence-electron chi connectivity index (χ1n) is 7.80. The van der Waals surface area contributed by atoms with Crippen molar-refractivity contribution in [3.63, 3.8) is 0 Å². The van der Waals surface area contributed by atoms with Crippen molar-refractivity contribution in [3.8, 4) is 0 Å². The summed E-state index contributed by atoms with van der Waals surface area (Å²) in [5, 5.41) is 9.06. The number of hydrogen-bond donors (Lipinski definition) is 1. The first kappa shape index (κ1) is 15.7. The van der Waals surface area contributed by atoms with Crippen molar-refractivity contribution in [2.24, 2.45) is 5.92 Å². The zero-order valence-corrected chi connectivity index (χ0v) is 12.9. The minimum atomic E-state index is -0.709. The van der Waals surface area contributed by atoms with E-state index in [2.05, 4.69) is 23.6 Å². The van der Waals surface area contributed by atoms with Crippen LogP contribution in [0.5, 0.6) is 0 Å². The molecule has 5 nitrogen and oxygen atoms in total. The number of nitrogens with zero attached hydrogens (tertiary/aromatic N) is 2. The van der Waals surface area contributed by atoms with E-state index in [1.807, 2.05) is 0 Å². The summed E-state index contributed by atoms with van der Waals surface area (Å²) >= 11 is 0. The molecule has 116 valence electrons. The Labute approximate surface area is 121 Å². The second kappa shape index (κ2) is 6.87. The molecule has 2 fully saturated rings. The molecule has 0 bridgehead atoms. The summed E-state index contributed by atoms with van der Waals surface area (Å²) in [6.07, 6.45) is 2.87. The normalized spacial score (nSPS) is 32.1. The second-order valence-corrected chi connectivity index (χ2v) is 6.47. The fraction of sp³-hybridized carbons (Fsp3) is 0.933. The number of carbonyl (C=O) groups is 1. The standard InChI is InChI=1S/C15H28N2O3/c1-11-8-16(9-12(2)20-11)10-14-4-6-17(7-5-14)13(3)15(18)19/h11-14H,4-10H2,1-3H3,(H,18,19)/t11-,12-,13+/m1/s1. The van der Waals surface area contributed by atoms with Crippen LogP contribution in [0, 0.1) is 5.92 Å². The summed E-state index contributed by atoms with van der Waals surface area (Å²) in [7, 11) is 0. The van der Waals surface area contributed by atoms with Crippen molar-refractivity contribution in [1.82, 2.24) is 9.80 Å². The van der Waals surface area contributed by atoms with E-state index in [-0.39, 0.29) is 6.04 Å². The van der Waals surface area contributed by atoms with Gasteiger partial charge in [-0.2, -0.15) is 0 Å². The summed E-state index contributed by atoms with van der Waals surface area (Å²) in [6.45, 7) is 11.1. The predicted molar refractivity (Wildman–Crippen MR) is 77.8 cm³/mol. The largest absolute Gasteiger partial charge is 0.480 e. The predicted octanol–water partition coefficient (Wildman–Crippen LogP) is 1.28. The summed E-state index contributed by atoms with van der Waals surface area (Å²) < 4.78 is 5.77. The molecule has 0 amide bonds. The van der Waals surface area contributed by atoms with Crippen molar-refractivity contribution in [3.05, 3.63) is 0 Å². The van der Waals surface area contributed by atoms with Crippen molar-refractivity contribution in [1.29, 1.82) is 0 Å². The average molecular weight is 284 g/mol. The van der Waals surface area contributed by atoms with Crippen LogP contribution in [0.4, 0.5) is 0 Å². The minimum absolute atomic E-state index is 0.325. The van der Waals surface area contributed by atoms with E-state index >= 15 is 0 Å². The Hall–Kier alpha value is -0.650. The molecule has 2 rings (SSSR count). The van der Waals surface area contributed by atoms with E-state index in [9.17, 15) is 4.79 Å². The molecule has 0 aromatic rings. The van der Waals surface area contributed by atoms with Gasteiger partial charge in [0.05, 0.1) is 12.2 Å². The van der Waals surface area contributed by atoms with E-state index in [4.69, 9.17) is 9.84 Å². The molecule has 2 heterocycles. The van der Waals surface area contributed by atoms with Crippen LogP contribution in [0.1, 0.15) is 33.6 Å². The number of piperidine rings is 1. The topological polar surface area (TPSA) is 53.0 Å². The molecule has 3 atom stereocenters. The van der Waals surface area contributed by atoms with Gasteiger partial charge in [0.15, 0.2) is 0 Å². The smallest absolute Gasteiger partial charge is 0.320 e. The number of likely N-dealkylation sites (tertiary alicyclic amines) is 1. The molecule has 0 saturated carbocycles. The van der Waals surface area contributed by atoms with Crippen LogP contribution in [-0.4, -0.2) is 71.8 Å². The van der Waals surface area contributed by atoms with Gasteiger partial charge in [0, 0.05) is 19.6 Å². The Morgan fingerprint density at radius 2 is 1.80 bits per heavy atom. The Morgan fingerprint density at radius 3 is 2.30 bits per heavy atom. The first-order valence-corrected chi connectivity index (χ1v) is 7.80. The maximum atomic E-state index is 11.0. The molecule has 2 saturated heterocycles. The molecule has 0 aromatic heterocycles. The van der Waals surface area contributed by atoms with E-state index < -0.39 is 5.97 Å². The van der Waals surface area contributed by atoms with Crippen molar-refractivity contribution in [2.45, 2.75) is 51.9 Å². The lowest BCUT2D eigenvalue weighted by molar-refractivity contribution is -0.143. The molecule has 20 heavy (non-hydrogen) atoms. The molecule has 2 aliphatic rings. The fourth-order valence-electron chi connectivity index (χ4n) is 3.48. The number of carboxylic acids is 1. The van der Waals surface area contributed by atoms with Crippen LogP contribution in [0.2, 0.25) is 0 Å². The third kappa shape index (κ3) is 4.17. The maximum Gasteiger partial charge on any atom is 0.320 e. The molecule has 5 heteroatoms. The number of carboxylic acid groups (broad SMARTS) is 1. The van der Waals surface area contributed by atoms with E-state index in [1.54, 1.807) is 6.92 Å². The molecular formula is C15H28N2O3. The molecule has 0 unspecified atom stereocenters. The number of rotatable bonds is 4. The number of ether oxygens (including phenoxy) is 1. The van der Waals surface area contributed by atoms with Crippen LogP contribution in [0.25, 0.3) is 0 Å². The number of morpholine rings is 1. The van der Waals surface area contributed by atoms with Crippen LogP contribution < -0.4 is 0 Å². The van der Waals surface area contributed by atoms with E-state index in [0.717, 1.165) is 45.6 Å². The molecule has 2 aliphatic heterocycles. The lowest BCUT2D eigenvalue weighted by Gasteiger charge is -2.40. The van der Waals surface area contributed by atoms with Gasteiger partial charge in [-0.05, 0) is 52.6 Å². The second-order valence-electron chi connectivity index (χ2n) is 6.47. The monoisotopic (exact) mass is 284 g/mol. The number of hydrogen-bond acceptors (Lipinski definition) is 4. The lowest BCUT2D eigenvalue weighted by atomic mass is 9.94. The van der Waals surface area contributed by atoms with Gasteiger partial charge in [0.1, 0.15) is 6.04 Å². The number of aliphatic carboxylic acids is 1. The highest BCUT2D eigenvalue weighted by Gasteiger charge is 2.29. The van der Waals surface area contributed by atoms with Gasteiger partial charge in [0.25, 0.3) is 0 Å². The fourth-order valence-corrected chi connectivity index (χ4v) is 3.48. The highest BCUT2D eigenvalue weighted by atomic mass is 16.5. The van der Waals surface area contributed by atoms with Gasteiger partial charge in [-0.25, -0.2) is 0 Å². The summed E-state index contributed by atoms with van der Waals surface area (Å²) in [4.78, 5) is 15.6. The molecular weight excluding hydrogens is 256 g/mol. The Balaban J connectivity index is 1.75. The zero-order valence-electron chi connectivity index (χ0n) is 12.9. The molecule has 1 N–H and O–H groups in total. The average Bonchev–Trinajstić information content (AvgIpc) is 2.37. The van der Waals surface area contributed by atoms with Gasteiger partial charge < -0.3 is 9.84 Å². The van der Waals surface area contributed by atoms with Gasteiger partial charge in [0.2, 0.25) is 0 Å². The van der Waals surface area contributed by atoms with E-state index in [0.29, 0.717) is 18.1 Å². The SMILES string of the molecule is C[C@@H]1CN(CC2CCN([C@@H](C)C(=O)O)CC2)C[C@@H](C)O1. The summed E-state index contributed by atoms with van der Waals surface area (Å²) in [5.41, 5.74) is 0. The van der Waals surface area contributed by atoms with E-state index in [1.165, 1.54) is 0 Å². The maximum absolute atomic E-state index is 11.0. The van der Waals surface area contributed by atoms with Gasteiger partial charge in [-0.15, -0.1) is 0 Å². The minimum Gasteiger partial charge on any atom is -0.480 e. The third-order valence-corrected chi connectivity index (χ3v) is 4.57. The summed E-state index contributed by atoms with van der Waals surface area (Å²) in [6, 6.07) is -0.348. The highest BCUT2D eigenvalue weighted by molar-refractivity contribution is 5.72. The van der Waals surface area contributed by atoms with Gasteiger partial charge in [-0.1, -0.05) is 0 Å². The van der Waals surface area contributed by atoms with Crippen LogP contribution in [-0.2, 0) is 9.53 Å². The first-order chi connectivity index (χ1) is 9.45. The van der Waals surface area contributed by atoms with Crippen LogP contribution in [0.3, 0.4) is 0 Å². The van der Waals surface area contributed by atoms with Crippen LogP contribution in [0.15, 0.2) is 0 Å².